The molecule has 3 rings (SSSR count). The van der Waals surface area contributed by atoms with Crippen LogP contribution in [0.15, 0.2) is 53.3 Å². The van der Waals surface area contributed by atoms with E-state index in [-0.39, 0.29) is 30.0 Å². The van der Waals surface area contributed by atoms with Crippen LogP contribution in [0.3, 0.4) is 0 Å². The number of carbonyl (C=O) groups excluding carboxylic acids is 1. The third-order valence-corrected chi connectivity index (χ3v) is 5.02. The van der Waals surface area contributed by atoms with Crippen LogP contribution < -0.4 is 10.9 Å². The predicted molar refractivity (Wildman–Crippen MR) is 114 cm³/mol. The lowest BCUT2D eigenvalue weighted by Crippen LogP contribution is -2.33. The minimum absolute atomic E-state index is 0.0460. The summed E-state index contributed by atoms with van der Waals surface area (Å²) >= 11 is 0. The van der Waals surface area contributed by atoms with E-state index in [1.165, 1.54) is 12.1 Å². The standard InChI is InChI=1S/C23H22F3N3O3/c1-14-5-3-4-6-19(14)28-20(31)13-29-21(27-15(2)18(11-12-30)22(29)32)16-7-9-17(10-8-16)23(24,25)26/h3-10,30H,11-13H2,1-2H3,(H,28,31). The summed E-state index contributed by atoms with van der Waals surface area (Å²) in [5, 5.41) is 12.0. The number of para-hydroxylation sites is 1. The van der Waals surface area contributed by atoms with Gasteiger partial charge in [-0.1, -0.05) is 30.3 Å². The van der Waals surface area contributed by atoms with Gasteiger partial charge in [-0.2, -0.15) is 13.2 Å². The number of aromatic nitrogens is 2. The average molecular weight is 445 g/mol. The molecule has 1 aromatic heterocycles. The van der Waals surface area contributed by atoms with Gasteiger partial charge in [-0.05, 0) is 37.6 Å². The van der Waals surface area contributed by atoms with Gasteiger partial charge in [0.05, 0.1) is 5.56 Å². The van der Waals surface area contributed by atoms with Gasteiger partial charge < -0.3 is 10.4 Å². The average Bonchev–Trinajstić information content (AvgIpc) is 2.74. The van der Waals surface area contributed by atoms with Crippen molar-refractivity contribution in [1.82, 2.24) is 9.55 Å². The monoisotopic (exact) mass is 445 g/mol. The molecule has 2 aromatic carbocycles. The number of alkyl halides is 3. The van der Waals surface area contributed by atoms with Crippen LogP contribution in [-0.4, -0.2) is 27.2 Å². The summed E-state index contributed by atoms with van der Waals surface area (Å²) in [7, 11) is 0. The SMILES string of the molecule is Cc1ccccc1NC(=O)Cn1c(-c2ccc(C(F)(F)F)cc2)nc(C)c(CCO)c1=O. The Bertz CT molecular complexity index is 1190. The van der Waals surface area contributed by atoms with E-state index in [4.69, 9.17) is 0 Å². The van der Waals surface area contributed by atoms with Gasteiger partial charge in [0.25, 0.3) is 5.56 Å². The number of benzene rings is 2. The fourth-order valence-electron chi connectivity index (χ4n) is 3.32. The molecule has 6 nitrogen and oxygen atoms in total. The molecular weight excluding hydrogens is 423 g/mol. The van der Waals surface area contributed by atoms with Crippen molar-refractivity contribution in [3.8, 4) is 11.4 Å². The zero-order chi connectivity index (χ0) is 23.5. The van der Waals surface area contributed by atoms with Gasteiger partial charge in [-0.25, -0.2) is 4.98 Å². The van der Waals surface area contributed by atoms with E-state index < -0.39 is 29.8 Å². The molecule has 0 aliphatic rings. The zero-order valence-electron chi connectivity index (χ0n) is 17.5. The molecule has 1 amide bonds. The number of nitrogens with one attached hydrogen (secondary N) is 1. The minimum Gasteiger partial charge on any atom is -0.396 e. The Morgan fingerprint density at radius 1 is 1.09 bits per heavy atom. The van der Waals surface area contributed by atoms with Crippen LogP contribution >= 0.6 is 0 Å². The highest BCUT2D eigenvalue weighted by Gasteiger charge is 2.30. The molecule has 0 unspecified atom stereocenters. The number of aliphatic hydroxyl groups excluding tert-OH is 1. The lowest BCUT2D eigenvalue weighted by molar-refractivity contribution is -0.137. The summed E-state index contributed by atoms with van der Waals surface area (Å²) in [4.78, 5) is 30.2. The lowest BCUT2D eigenvalue weighted by Gasteiger charge is -2.17. The van der Waals surface area contributed by atoms with Crippen molar-refractivity contribution in [3.05, 3.63) is 81.3 Å². The van der Waals surface area contributed by atoms with Gasteiger partial charge in [0.2, 0.25) is 5.91 Å². The molecule has 0 saturated heterocycles. The van der Waals surface area contributed by atoms with Gasteiger partial charge in [0.15, 0.2) is 0 Å². The van der Waals surface area contributed by atoms with Crippen LogP contribution in [0.4, 0.5) is 18.9 Å². The first-order valence-corrected chi connectivity index (χ1v) is 9.86. The van der Waals surface area contributed by atoms with E-state index >= 15 is 0 Å². The Balaban J connectivity index is 2.04. The second kappa shape index (κ2) is 9.35. The third-order valence-electron chi connectivity index (χ3n) is 5.02. The zero-order valence-corrected chi connectivity index (χ0v) is 17.5. The molecule has 1 heterocycles. The molecule has 168 valence electrons. The summed E-state index contributed by atoms with van der Waals surface area (Å²) in [5.74, 6) is -0.419. The molecule has 0 bridgehead atoms. The number of carbonyl (C=O) groups is 1. The molecule has 2 N–H and O–H groups in total. The normalized spacial score (nSPS) is 11.4. The number of aliphatic hydroxyl groups is 1. The predicted octanol–water partition coefficient (Wildman–Crippen LogP) is 3.72. The molecule has 0 atom stereocenters. The van der Waals surface area contributed by atoms with Gasteiger partial charge in [-0.3, -0.25) is 14.2 Å². The number of anilines is 1. The molecule has 32 heavy (non-hydrogen) atoms. The Morgan fingerprint density at radius 2 is 1.75 bits per heavy atom. The van der Waals surface area contributed by atoms with Gasteiger partial charge in [-0.15, -0.1) is 0 Å². The fourth-order valence-corrected chi connectivity index (χ4v) is 3.32. The molecule has 0 saturated carbocycles. The number of hydrogen-bond donors (Lipinski definition) is 2. The molecule has 0 fully saturated rings. The molecule has 0 aliphatic carbocycles. The van der Waals surface area contributed by atoms with E-state index in [1.54, 1.807) is 19.1 Å². The summed E-state index contributed by atoms with van der Waals surface area (Å²) in [6, 6.07) is 11.3. The molecular formula is C23H22F3N3O3. The van der Waals surface area contributed by atoms with Crippen LogP contribution in [-0.2, 0) is 23.9 Å². The molecule has 0 aliphatic heterocycles. The van der Waals surface area contributed by atoms with E-state index in [0.29, 0.717) is 11.4 Å². The minimum atomic E-state index is -4.50. The largest absolute Gasteiger partial charge is 0.416 e. The Morgan fingerprint density at radius 3 is 2.34 bits per heavy atom. The topological polar surface area (TPSA) is 84.2 Å². The van der Waals surface area contributed by atoms with Gasteiger partial charge in [0, 0.05) is 35.5 Å². The number of rotatable bonds is 6. The molecule has 0 spiro atoms. The van der Waals surface area contributed by atoms with Crippen LogP contribution in [0.25, 0.3) is 11.4 Å². The third kappa shape index (κ3) is 5.05. The van der Waals surface area contributed by atoms with Crippen LogP contribution in [0.5, 0.6) is 0 Å². The first-order valence-electron chi connectivity index (χ1n) is 9.86. The van der Waals surface area contributed by atoms with E-state index in [0.717, 1.165) is 22.3 Å². The smallest absolute Gasteiger partial charge is 0.396 e. The summed E-state index contributed by atoms with van der Waals surface area (Å²) in [6.45, 7) is 2.72. The number of hydrogen-bond acceptors (Lipinski definition) is 4. The van der Waals surface area contributed by atoms with Crippen LogP contribution in [0.1, 0.15) is 22.4 Å². The first kappa shape index (κ1) is 23.2. The molecule has 0 radical (unpaired) electrons. The highest BCUT2D eigenvalue weighted by molar-refractivity contribution is 5.91. The molecule has 3 aromatic rings. The maximum Gasteiger partial charge on any atom is 0.416 e. The van der Waals surface area contributed by atoms with Gasteiger partial charge in [0.1, 0.15) is 12.4 Å². The van der Waals surface area contributed by atoms with Crippen LogP contribution in [0, 0.1) is 13.8 Å². The van der Waals surface area contributed by atoms with Gasteiger partial charge >= 0.3 is 6.18 Å². The highest BCUT2D eigenvalue weighted by Crippen LogP contribution is 2.30. The maximum atomic E-state index is 13.1. The maximum absolute atomic E-state index is 13.1. The van der Waals surface area contributed by atoms with Crippen molar-refractivity contribution in [2.45, 2.75) is 33.0 Å². The van der Waals surface area contributed by atoms with Crippen molar-refractivity contribution < 1.29 is 23.1 Å². The van der Waals surface area contributed by atoms with Crippen LogP contribution in [0.2, 0.25) is 0 Å². The summed E-state index contributed by atoms with van der Waals surface area (Å²) in [6.07, 6.45) is -4.45. The number of aryl methyl sites for hydroxylation is 2. The summed E-state index contributed by atoms with van der Waals surface area (Å²) in [5.41, 5.74) is 0.901. The van der Waals surface area contributed by atoms with E-state index in [9.17, 15) is 27.9 Å². The highest BCUT2D eigenvalue weighted by atomic mass is 19.4. The number of halogens is 3. The molecule has 9 heteroatoms. The Hall–Kier alpha value is -3.46. The first-order chi connectivity index (χ1) is 15.1. The Labute approximate surface area is 182 Å². The van der Waals surface area contributed by atoms with E-state index in [2.05, 4.69) is 10.3 Å². The Kier molecular flexibility index (Phi) is 6.78. The van der Waals surface area contributed by atoms with Crippen molar-refractivity contribution >= 4 is 11.6 Å². The van der Waals surface area contributed by atoms with Crippen molar-refractivity contribution in [1.29, 1.82) is 0 Å². The second-order valence-corrected chi connectivity index (χ2v) is 7.30. The van der Waals surface area contributed by atoms with Crippen molar-refractivity contribution in [2.24, 2.45) is 0 Å². The van der Waals surface area contributed by atoms with Crippen molar-refractivity contribution in [3.63, 3.8) is 0 Å². The van der Waals surface area contributed by atoms with E-state index in [1.807, 2.05) is 19.1 Å². The fraction of sp³-hybridized carbons (Fsp3) is 0.261. The lowest BCUT2D eigenvalue weighted by atomic mass is 10.1. The quantitative estimate of drug-likeness (QED) is 0.606. The summed E-state index contributed by atoms with van der Waals surface area (Å²) < 4.78 is 39.9. The number of amides is 1. The second-order valence-electron chi connectivity index (χ2n) is 7.30. The van der Waals surface area contributed by atoms with Crippen molar-refractivity contribution in [2.75, 3.05) is 11.9 Å². The number of nitrogens with zero attached hydrogens (tertiary/aromatic N) is 2.